The third-order valence-electron chi connectivity index (χ3n) is 5.63. The average Bonchev–Trinajstić information content (AvgIpc) is 2.76. The molecule has 3 aromatic rings. The third-order valence-corrected chi connectivity index (χ3v) is 5.63. The number of aryl methyl sites for hydroxylation is 2. The lowest BCUT2D eigenvalue weighted by molar-refractivity contribution is -0.130. The summed E-state index contributed by atoms with van der Waals surface area (Å²) in [6, 6.07) is 20.3. The molecule has 2 heterocycles. The Morgan fingerprint density at radius 3 is 2.17 bits per heavy atom. The van der Waals surface area contributed by atoms with E-state index in [0.717, 1.165) is 35.7 Å². The molecule has 0 N–H and O–H groups in total. The summed E-state index contributed by atoms with van der Waals surface area (Å²) in [6.45, 7) is 7.12. The molecule has 0 atom stereocenters. The molecule has 0 unspecified atom stereocenters. The summed E-state index contributed by atoms with van der Waals surface area (Å²) >= 11 is 0. The van der Waals surface area contributed by atoms with Crippen molar-refractivity contribution in [3.05, 3.63) is 77.4 Å². The number of nitrogens with zero attached hydrogens (tertiary/aromatic N) is 4. The van der Waals surface area contributed by atoms with Crippen molar-refractivity contribution in [2.24, 2.45) is 0 Å². The second kappa shape index (κ2) is 8.43. The van der Waals surface area contributed by atoms with Gasteiger partial charge in [-0.15, -0.1) is 10.2 Å². The Kier molecular flexibility index (Phi) is 5.56. The lowest BCUT2D eigenvalue weighted by atomic mass is 10.1. The Hall–Kier alpha value is -3.21. The smallest absolute Gasteiger partial charge is 0.227 e. The molecule has 1 aromatic heterocycles. The fourth-order valence-corrected chi connectivity index (χ4v) is 3.77. The summed E-state index contributed by atoms with van der Waals surface area (Å²) < 4.78 is 0. The molecule has 0 saturated carbocycles. The van der Waals surface area contributed by atoms with Crippen LogP contribution in [0, 0.1) is 13.8 Å². The standard InChI is InChI=1S/C24H26N4O/c1-18-7-3-5-9-20(18)17-24(29)28-15-13-27(14-16-28)23-12-11-22(25-26-23)21-10-6-4-8-19(21)2/h3-12H,13-17H2,1-2H3. The molecule has 0 radical (unpaired) electrons. The predicted octanol–water partition coefficient (Wildman–Crippen LogP) is 3.65. The Bertz CT molecular complexity index is 992. The van der Waals surface area contributed by atoms with Crippen molar-refractivity contribution in [3.63, 3.8) is 0 Å². The lowest BCUT2D eigenvalue weighted by Gasteiger charge is -2.35. The van der Waals surface area contributed by atoms with Crippen LogP contribution in [0.25, 0.3) is 11.3 Å². The Balaban J connectivity index is 1.36. The molecule has 1 aliphatic heterocycles. The zero-order chi connectivity index (χ0) is 20.2. The van der Waals surface area contributed by atoms with E-state index in [1.807, 2.05) is 47.4 Å². The van der Waals surface area contributed by atoms with Gasteiger partial charge >= 0.3 is 0 Å². The highest BCUT2D eigenvalue weighted by molar-refractivity contribution is 5.79. The van der Waals surface area contributed by atoms with Crippen molar-refractivity contribution in [1.82, 2.24) is 15.1 Å². The molecule has 148 valence electrons. The van der Waals surface area contributed by atoms with Gasteiger partial charge in [-0.3, -0.25) is 4.79 Å². The highest BCUT2D eigenvalue weighted by Crippen LogP contribution is 2.22. The van der Waals surface area contributed by atoms with Crippen LogP contribution in [-0.2, 0) is 11.2 Å². The molecule has 1 fully saturated rings. The molecule has 0 aliphatic carbocycles. The van der Waals surface area contributed by atoms with Crippen LogP contribution in [0.2, 0.25) is 0 Å². The maximum absolute atomic E-state index is 12.7. The molecule has 5 nitrogen and oxygen atoms in total. The van der Waals surface area contributed by atoms with E-state index in [2.05, 4.69) is 47.1 Å². The number of carbonyl (C=O) groups is 1. The zero-order valence-electron chi connectivity index (χ0n) is 17.0. The number of aromatic nitrogens is 2. The summed E-state index contributed by atoms with van der Waals surface area (Å²) in [5, 5.41) is 8.87. The fourth-order valence-electron chi connectivity index (χ4n) is 3.77. The van der Waals surface area contributed by atoms with Crippen LogP contribution in [0.3, 0.4) is 0 Å². The summed E-state index contributed by atoms with van der Waals surface area (Å²) in [5.74, 6) is 1.06. The molecule has 29 heavy (non-hydrogen) atoms. The second-order valence-electron chi connectivity index (χ2n) is 7.56. The SMILES string of the molecule is Cc1ccccc1CC(=O)N1CCN(c2ccc(-c3ccccc3C)nn2)CC1. The highest BCUT2D eigenvalue weighted by atomic mass is 16.2. The number of hydrogen-bond donors (Lipinski definition) is 0. The van der Waals surface area contributed by atoms with Gasteiger partial charge in [-0.25, -0.2) is 0 Å². The van der Waals surface area contributed by atoms with Crippen LogP contribution in [0.5, 0.6) is 0 Å². The normalized spacial score (nSPS) is 14.1. The minimum Gasteiger partial charge on any atom is -0.352 e. The number of piperazine rings is 1. The first kappa shape index (κ1) is 19.1. The maximum atomic E-state index is 12.7. The van der Waals surface area contributed by atoms with E-state index in [-0.39, 0.29) is 5.91 Å². The molecule has 0 spiro atoms. The Labute approximate surface area is 172 Å². The van der Waals surface area contributed by atoms with Gasteiger partial charge in [-0.2, -0.15) is 0 Å². The van der Waals surface area contributed by atoms with E-state index < -0.39 is 0 Å². The van der Waals surface area contributed by atoms with Gasteiger partial charge in [0.25, 0.3) is 0 Å². The van der Waals surface area contributed by atoms with Crippen LogP contribution < -0.4 is 4.90 Å². The fraction of sp³-hybridized carbons (Fsp3) is 0.292. The van der Waals surface area contributed by atoms with E-state index in [0.29, 0.717) is 19.5 Å². The molecule has 2 aromatic carbocycles. The van der Waals surface area contributed by atoms with Gasteiger partial charge in [-0.05, 0) is 42.7 Å². The second-order valence-corrected chi connectivity index (χ2v) is 7.56. The van der Waals surface area contributed by atoms with Crippen molar-refractivity contribution in [1.29, 1.82) is 0 Å². The maximum Gasteiger partial charge on any atom is 0.227 e. The van der Waals surface area contributed by atoms with E-state index in [1.165, 1.54) is 11.1 Å². The van der Waals surface area contributed by atoms with Gasteiger partial charge in [0.05, 0.1) is 12.1 Å². The minimum atomic E-state index is 0.194. The molecule has 0 bridgehead atoms. The van der Waals surface area contributed by atoms with Gasteiger partial charge in [0, 0.05) is 31.7 Å². The monoisotopic (exact) mass is 386 g/mol. The lowest BCUT2D eigenvalue weighted by Crippen LogP contribution is -2.49. The molecule has 5 heteroatoms. The summed E-state index contributed by atoms with van der Waals surface area (Å²) in [6.07, 6.45) is 0.470. The number of amides is 1. The highest BCUT2D eigenvalue weighted by Gasteiger charge is 2.22. The summed E-state index contributed by atoms with van der Waals surface area (Å²) in [4.78, 5) is 16.8. The molecule has 1 saturated heterocycles. The van der Waals surface area contributed by atoms with Gasteiger partial charge in [-0.1, -0.05) is 48.5 Å². The van der Waals surface area contributed by atoms with E-state index in [1.54, 1.807) is 0 Å². The first-order valence-electron chi connectivity index (χ1n) is 10.1. The average molecular weight is 386 g/mol. The molecular weight excluding hydrogens is 360 g/mol. The Morgan fingerprint density at radius 2 is 1.52 bits per heavy atom. The topological polar surface area (TPSA) is 49.3 Å². The molecule has 1 amide bonds. The summed E-state index contributed by atoms with van der Waals surface area (Å²) in [5.41, 5.74) is 5.47. The van der Waals surface area contributed by atoms with Crippen LogP contribution in [-0.4, -0.2) is 47.2 Å². The van der Waals surface area contributed by atoms with Crippen molar-refractivity contribution >= 4 is 11.7 Å². The van der Waals surface area contributed by atoms with Gasteiger partial charge in [0.1, 0.15) is 0 Å². The van der Waals surface area contributed by atoms with Gasteiger partial charge < -0.3 is 9.80 Å². The van der Waals surface area contributed by atoms with Crippen LogP contribution in [0.15, 0.2) is 60.7 Å². The first-order chi connectivity index (χ1) is 14.1. The largest absolute Gasteiger partial charge is 0.352 e. The van der Waals surface area contributed by atoms with E-state index in [4.69, 9.17) is 0 Å². The minimum absolute atomic E-state index is 0.194. The van der Waals surface area contributed by atoms with E-state index >= 15 is 0 Å². The third kappa shape index (κ3) is 4.29. The molecule has 4 rings (SSSR count). The Morgan fingerprint density at radius 1 is 0.828 bits per heavy atom. The number of rotatable bonds is 4. The van der Waals surface area contributed by atoms with Crippen molar-refractivity contribution in [2.45, 2.75) is 20.3 Å². The number of anilines is 1. The van der Waals surface area contributed by atoms with Crippen LogP contribution in [0.1, 0.15) is 16.7 Å². The van der Waals surface area contributed by atoms with E-state index in [9.17, 15) is 4.79 Å². The van der Waals surface area contributed by atoms with Crippen molar-refractivity contribution in [3.8, 4) is 11.3 Å². The van der Waals surface area contributed by atoms with Gasteiger partial charge in [0.2, 0.25) is 5.91 Å². The van der Waals surface area contributed by atoms with Crippen molar-refractivity contribution < 1.29 is 4.79 Å². The number of hydrogen-bond acceptors (Lipinski definition) is 4. The number of benzene rings is 2. The van der Waals surface area contributed by atoms with Crippen LogP contribution in [0.4, 0.5) is 5.82 Å². The number of carbonyl (C=O) groups excluding carboxylic acids is 1. The first-order valence-corrected chi connectivity index (χ1v) is 10.1. The van der Waals surface area contributed by atoms with Gasteiger partial charge in [0.15, 0.2) is 5.82 Å². The summed E-state index contributed by atoms with van der Waals surface area (Å²) in [7, 11) is 0. The van der Waals surface area contributed by atoms with Crippen LogP contribution >= 0.6 is 0 Å². The quantitative estimate of drug-likeness (QED) is 0.687. The van der Waals surface area contributed by atoms with Crippen molar-refractivity contribution in [2.75, 3.05) is 31.1 Å². The molecule has 1 aliphatic rings. The molecular formula is C24H26N4O. The predicted molar refractivity (Wildman–Crippen MR) is 116 cm³/mol. The zero-order valence-corrected chi connectivity index (χ0v) is 17.0.